The zero-order valence-electron chi connectivity index (χ0n) is 10.6. The largest absolute Gasteiger partial charge is 0.396 e. The van der Waals surface area contributed by atoms with Gasteiger partial charge in [0.2, 0.25) is 0 Å². The monoisotopic (exact) mass is 347 g/mol. The predicted molar refractivity (Wildman–Crippen MR) is 80.9 cm³/mol. The van der Waals surface area contributed by atoms with Gasteiger partial charge in [-0.25, -0.2) is 0 Å². The summed E-state index contributed by atoms with van der Waals surface area (Å²) in [5.41, 5.74) is 6.97. The van der Waals surface area contributed by atoms with Gasteiger partial charge in [0.05, 0.1) is 6.61 Å². The Balaban J connectivity index is 2.82. The van der Waals surface area contributed by atoms with Gasteiger partial charge in [-0.3, -0.25) is 0 Å². The van der Waals surface area contributed by atoms with Crippen molar-refractivity contribution in [3.8, 4) is 0 Å². The molecule has 0 saturated heterocycles. The lowest BCUT2D eigenvalue weighted by molar-refractivity contribution is 0.108. The summed E-state index contributed by atoms with van der Waals surface area (Å²) in [7, 11) is 0. The molecule has 0 radical (unpaired) electrons. The SMILES string of the molecule is CC(C)CC(CN)(CO)Cc1ccc(I)cc1. The summed E-state index contributed by atoms with van der Waals surface area (Å²) in [6, 6.07) is 8.46. The molecule has 0 aliphatic carbocycles. The molecule has 3 N–H and O–H groups in total. The molecule has 0 spiro atoms. The molecular weight excluding hydrogens is 325 g/mol. The highest BCUT2D eigenvalue weighted by Gasteiger charge is 2.29. The maximum Gasteiger partial charge on any atom is 0.0502 e. The van der Waals surface area contributed by atoms with Crippen molar-refractivity contribution in [3.63, 3.8) is 0 Å². The fourth-order valence-corrected chi connectivity index (χ4v) is 2.67. The van der Waals surface area contributed by atoms with Gasteiger partial charge < -0.3 is 10.8 Å². The third kappa shape index (κ3) is 4.56. The number of halogens is 1. The molecule has 0 aliphatic heterocycles. The standard InChI is InChI=1S/C14H22INO/c1-11(2)7-14(9-16,10-17)8-12-3-5-13(15)6-4-12/h3-6,11,17H,7-10,16H2,1-2H3. The Morgan fingerprint density at radius 3 is 2.29 bits per heavy atom. The maximum atomic E-state index is 9.66. The van der Waals surface area contributed by atoms with Gasteiger partial charge in [0, 0.05) is 15.5 Å². The van der Waals surface area contributed by atoms with Crippen LogP contribution in [0.2, 0.25) is 0 Å². The van der Waals surface area contributed by atoms with Gasteiger partial charge in [-0.2, -0.15) is 0 Å². The molecule has 1 aromatic rings. The number of hydrogen-bond donors (Lipinski definition) is 2. The molecule has 0 amide bonds. The highest BCUT2D eigenvalue weighted by molar-refractivity contribution is 14.1. The van der Waals surface area contributed by atoms with Crippen LogP contribution in [0.3, 0.4) is 0 Å². The third-order valence-electron chi connectivity index (χ3n) is 3.10. The average molecular weight is 347 g/mol. The Kier molecular flexibility index (Phi) is 5.89. The minimum Gasteiger partial charge on any atom is -0.396 e. The van der Waals surface area contributed by atoms with E-state index in [1.54, 1.807) is 0 Å². The van der Waals surface area contributed by atoms with Gasteiger partial charge in [0.25, 0.3) is 0 Å². The first-order valence-corrected chi connectivity index (χ1v) is 7.14. The van der Waals surface area contributed by atoms with Crippen LogP contribution in [-0.4, -0.2) is 18.3 Å². The van der Waals surface area contributed by atoms with Crippen LogP contribution in [0.5, 0.6) is 0 Å². The normalized spacial score (nSPS) is 14.9. The van der Waals surface area contributed by atoms with Crippen LogP contribution in [0.1, 0.15) is 25.8 Å². The Bertz CT molecular complexity index is 331. The Morgan fingerprint density at radius 1 is 1.29 bits per heavy atom. The Hall–Kier alpha value is -0.130. The molecule has 0 aromatic heterocycles. The molecule has 17 heavy (non-hydrogen) atoms. The van der Waals surface area contributed by atoms with E-state index in [1.165, 1.54) is 9.13 Å². The zero-order valence-corrected chi connectivity index (χ0v) is 12.8. The number of hydrogen-bond acceptors (Lipinski definition) is 2. The van der Waals surface area contributed by atoms with Crippen molar-refractivity contribution in [2.24, 2.45) is 17.1 Å². The first kappa shape index (κ1) is 14.9. The fraction of sp³-hybridized carbons (Fsp3) is 0.571. The molecule has 0 heterocycles. The summed E-state index contributed by atoms with van der Waals surface area (Å²) in [5, 5.41) is 9.66. The molecule has 0 saturated carbocycles. The molecule has 1 aromatic carbocycles. The lowest BCUT2D eigenvalue weighted by Gasteiger charge is -2.32. The molecule has 0 bridgehead atoms. The lowest BCUT2D eigenvalue weighted by atomic mass is 9.76. The van der Waals surface area contributed by atoms with Gasteiger partial charge in [0.1, 0.15) is 0 Å². The molecular formula is C14H22INO. The predicted octanol–water partition coefficient (Wildman–Crippen LogP) is 2.82. The summed E-state index contributed by atoms with van der Waals surface area (Å²) in [5.74, 6) is 0.551. The van der Waals surface area contributed by atoms with Crippen molar-refractivity contribution in [3.05, 3.63) is 33.4 Å². The molecule has 1 unspecified atom stereocenters. The molecule has 1 rings (SSSR count). The number of aliphatic hydroxyl groups is 1. The van der Waals surface area contributed by atoms with Gasteiger partial charge in [-0.1, -0.05) is 26.0 Å². The topological polar surface area (TPSA) is 46.2 Å². The average Bonchev–Trinajstić information content (AvgIpc) is 2.30. The highest BCUT2D eigenvalue weighted by atomic mass is 127. The Labute approximate surface area is 118 Å². The van der Waals surface area contributed by atoms with E-state index in [4.69, 9.17) is 5.73 Å². The third-order valence-corrected chi connectivity index (χ3v) is 3.82. The first-order chi connectivity index (χ1) is 8.01. The maximum absolute atomic E-state index is 9.66. The highest BCUT2D eigenvalue weighted by Crippen LogP contribution is 2.29. The van der Waals surface area contributed by atoms with Crippen LogP contribution < -0.4 is 5.73 Å². The summed E-state index contributed by atoms with van der Waals surface area (Å²) >= 11 is 2.30. The molecule has 96 valence electrons. The second-order valence-electron chi connectivity index (χ2n) is 5.26. The lowest BCUT2D eigenvalue weighted by Crippen LogP contribution is -2.37. The van der Waals surface area contributed by atoms with Gasteiger partial charge in [-0.15, -0.1) is 0 Å². The summed E-state index contributed by atoms with van der Waals surface area (Å²) in [4.78, 5) is 0. The molecule has 0 fully saturated rings. The minimum absolute atomic E-state index is 0.160. The number of benzene rings is 1. The molecule has 0 aliphatic rings. The van der Waals surface area contributed by atoms with Crippen LogP contribution in [0.4, 0.5) is 0 Å². The van der Waals surface area contributed by atoms with E-state index >= 15 is 0 Å². The van der Waals surface area contributed by atoms with Crippen LogP contribution in [0.25, 0.3) is 0 Å². The summed E-state index contributed by atoms with van der Waals surface area (Å²) in [6.45, 7) is 5.04. The van der Waals surface area contributed by atoms with E-state index in [2.05, 4.69) is 60.7 Å². The summed E-state index contributed by atoms with van der Waals surface area (Å²) in [6.07, 6.45) is 1.82. The van der Waals surface area contributed by atoms with Crippen LogP contribution in [-0.2, 0) is 6.42 Å². The van der Waals surface area contributed by atoms with Gasteiger partial charge >= 0.3 is 0 Å². The van der Waals surface area contributed by atoms with Crippen molar-refractivity contribution < 1.29 is 5.11 Å². The molecule has 3 heteroatoms. The van der Waals surface area contributed by atoms with Gasteiger partial charge in [0.15, 0.2) is 0 Å². The van der Waals surface area contributed by atoms with Crippen LogP contribution in [0, 0.1) is 14.9 Å². The Morgan fingerprint density at radius 2 is 1.88 bits per heavy atom. The number of nitrogens with two attached hydrogens (primary N) is 1. The van der Waals surface area contributed by atoms with Crippen molar-refractivity contribution in [1.82, 2.24) is 0 Å². The minimum atomic E-state index is -0.166. The molecule has 1 atom stereocenters. The zero-order chi connectivity index (χ0) is 12.9. The quantitative estimate of drug-likeness (QED) is 0.778. The first-order valence-electron chi connectivity index (χ1n) is 6.07. The van der Waals surface area contributed by atoms with E-state index in [1.807, 2.05) is 0 Å². The summed E-state index contributed by atoms with van der Waals surface area (Å²) < 4.78 is 1.23. The second-order valence-corrected chi connectivity index (χ2v) is 6.51. The second kappa shape index (κ2) is 6.71. The number of aliphatic hydroxyl groups excluding tert-OH is 1. The van der Waals surface area contributed by atoms with E-state index < -0.39 is 0 Å². The van der Waals surface area contributed by atoms with E-state index in [0.29, 0.717) is 12.5 Å². The number of rotatable bonds is 6. The van der Waals surface area contributed by atoms with Crippen molar-refractivity contribution in [2.75, 3.05) is 13.2 Å². The molecule has 2 nitrogen and oxygen atoms in total. The van der Waals surface area contributed by atoms with E-state index in [0.717, 1.165) is 12.8 Å². The van der Waals surface area contributed by atoms with E-state index in [-0.39, 0.29) is 12.0 Å². The van der Waals surface area contributed by atoms with Crippen LogP contribution in [0.15, 0.2) is 24.3 Å². The van der Waals surface area contributed by atoms with E-state index in [9.17, 15) is 5.11 Å². The smallest absolute Gasteiger partial charge is 0.0502 e. The van der Waals surface area contributed by atoms with Crippen molar-refractivity contribution in [2.45, 2.75) is 26.7 Å². The van der Waals surface area contributed by atoms with Crippen molar-refractivity contribution >= 4 is 22.6 Å². The van der Waals surface area contributed by atoms with Gasteiger partial charge in [-0.05, 0) is 59.0 Å². The fourth-order valence-electron chi connectivity index (χ4n) is 2.31. The van der Waals surface area contributed by atoms with Crippen molar-refractivity contribution in [1.29, 1.82) is 0 Å². The van der Waals surface area contributed by atoms with Crippen LogP contribution >= 0.6 is 22.6 Å².